The van der Waals surface area contributed by atoms with Gasteiger partial charge < -0.3 is 10.4 Å². The molecule has 0 radical (unpaired) electrons. The lowest BCUT2D eigenvalue weighted by molar-refractivity contribution is 0.472. The summed E-state index contributed by atoms with van der Waals surface area (Å²) in [6.45, 7) is 5.12. The molecule has 2 rings (SSSR count). The van der Waals surface area contributed by atoms with E-state index in [-0.39, 0.29) is 6.04 Å². The first-order valence-electron chi connectivity index (χ1n) is 5.72. The fraction of sp³-hybridized carbons (Fsp3) is 0.286. The third kappa shape index (κ3) is 3.08. The first-order valence-corrected chi connectivity index (χ1v) is 6.60. The van der Waals surface area contributed by atoms with Gasteiger partial charge in [0.05, 0.1) is 0 Å². The molecule has 0 fully saturated rings. The van der Waals surface area contributed by atoms with Gasteiger partial charge in [0.25, 0.3) is 0 Å². The molecule has 0 aliphatic rings. The van der Waals surface area contributed by atoms with Crippen molar-refractivity contribution in [3.63, 3.8) is 0 Å². The maximum atomic E-state index is 9.43. The monoisotopic (exact) mass is 247 g/mol. The molecule has 1 aromatic heterocycles. The van der Waals surface area contributed by atoms with Crippen LogP contribution in [0.5, 0.6) is 5.75 Å². The molecular weight excluding hydrogens is 230 g/mol. The van der Waals surface area contributed by atoms with Crippen molar-refractivity contribution in [1.82, 2.24) is 5.32 Å². The maximum Gasteiger partial charge on any atom is 0.115 e. The van der Waals surface area contributed by atoms with E-state index in [0.717, 1.165) is 12.1 Å². The van der Waals surface area contributed by atoms with Gasteiger partial charge in [-0.05, 0) is 48.6 Å². The van der Waals surface area contributed by atoms with Crippen molar-refractivity contribution >= 4 is 11.3 Å². The topological polar surface area (TPSA) is 32.3 Å². The zero-order valence-corrected chi connectivity index (χ0v) is 10.9. The van der Waals surface area contributed by atoms with E-state index in [1.807, 2.05) is 12.1 Å². The molecule has 2 aromatic rings. The summed E-state index contributed by atoms with van der Waals surface area (Å²) in [6, 6.07) is 9.78. The van der Waals surface area contributed by atoms with Crippen molar-refractivity contribution in [3.05, 3.63) is 51.7 Å². The first kappa shape index (κ1) is 12.1. The molecule has 0 spiro atoms. The molecule has 0 bridgehead atoms. The number of hydrogen-bond acceptors (Lipinski definition) is 3. The fourth-order valence-corrected chi connectivity index (χ4v) is 2.60. The number of phenols is 1. The molecule has 1 aromatic carbocycles. The highest BCUT2D eigenvalue weighted by Crippen LogP contribution is 2.20. The summed E-state index contributed by atoms with van der Waals surface area (Å²) in [5.41, 5.74) is 2.45. The van der Waals surface area contributed by atoms with Crippen LogP contribution in [0.3, 0.4) is 0 Å². The number of rotatable bonds is 4. The minimum Gasteiger partial charge on any atom is -0.508 e. The van der Waals surface area contributed by atoms with E-state index in [2.05, 4.69) is 30.6 Å². The van der Waals surface area contributed by atoms with Gasteiger partial charge in [-0.25, -0.2) is 0 Å². The van der Waals surface area contributed by atoms with Gasteiger partial charge in [-0.1, -0.05) is 12.1 Å². The number of thiophene rings is 1. The van der Waals surface area contributed by atoms with Crippen molar-refractivity contribution in [2.75, 3.05) is 0 Å². The normalized spacial score (nSPS) is 12.6. The van der Waals surface area contributed by atoms with E-state index in [9.17, 15) is 5.11 Å². The van der Waals surface area contributed by atoms with E-state index >= 15 is 0 Å². The number of nitrogens with one attached hydrogen (secondary N) is 1. The van der Waals surface area contributed by atoms with Gasteiger partial charge in [0.1, 0.15) is 5.75 Å². The Kier molecular flexibility index (Phi) is 3.82. The third-order valence-electron chi connectivity index (χ3n) is 2.91. The number of hydrogen-bond donors (Lipinski definition) is 2. The van der Waals surface area contributed by atoms with Crippen LogP contribution in [0.2, 0.25) is 0 Å². The van der Waals surface area contributed by atoms with Crippen LogP contribution in [0, 0.1) is 6.92 Å². The van der Waals surface area contributed by atoms with E-state index < -0.39 is 0 Å². The van der Waals surface area contributed by atoms with Crippen LogP contribution >= 0.6 is 11.3 Å². The summed E-state index contributed by atoms with van der Waals surface area (Å²) in [7, 11) is 0. The highest BCUT2D eigenvalue weighted by molar-refractivity contribution is 7.10. The fourth-order valence-electron chi connectivity index (χ4n) is 1.74. The standard InChI is InChI=1S/C14H17NOS/c1-10-6-7-17-14(10)9-15-11(2)12-4-3-5-13(16)8-12/h3-8,11,15-16H,9H2,1-2H3. The molecule has 17 heavy (non-hydrogen) atoms. The Labute approximate surface area is 106 Å². The second kappa shape index (κ2) is 5.34. The van der Waals surface area contributed by atoms with Gasteiger partial charge in [0, 0.05) is 17.5 Å². The molecule has 1 unspecified atom stereocenters. The second-order valence-corrected chi connectivity index (χ2v) is 5.23. The van der Waals surface area contributed by atoms with E-state index in [0.29, 0.717) is 5.75 Å². The number of aromatic hydroxyl groups is 1. The number of aryl methyl sites for hydroxylation is 1. The zero-order valence-electron chi connectivity index (χ0n) is 10.1. The van der Waals surface area contributed by atoms with Crippen molar-refractivity contribution in [3.8, 4) is 5.75 Å². The SMILES string of the molecule is Cc1ccsc1CNC(C)c1cccc(O)c1. The van der Waals surface area contributed by atoms with Crippen LogP contribution in [0.1, 0.15) is 29.0 Å². The van der Waals surface area contributed by atoms with Crippen molar-refractivity contribution in [2.45, 2.75) is 26.4 Å². The van der Waals surface area contributed by atoms with Gasteiger partial charge in [0.2, 0.25) is 0 Å². The lowest BCUT2D eigenvalue weighted by Gasteiger charge is -2.14. The summed E-state index contributed by atoms with van der Waals surface area (Å²) in [4.78, 5) is 1.37. The van der Waals surface area contributed by atoms with Crippen LogP contribution in [0.4, 0.5) is 0 Å². The number of phenolic OH excluding ortho intramolecular Hbond substituents is 1. The summed E-state index contributed by atoms with van der Waals surface area (Å²) >= 11 is 1.78. The maximum absolute atomic E-state index is 9.43. The molecule has 0 amide bonds. The Balaban J connectivity index is 1.98. The quantitative estimate of drug-likeness (QED) is 0.865. The van der Waals surface area contributed by atoms with Crippen LogP contribution in [0.15, 0.2) is 35.7 Å². The average molecular weight is 247 g/mol. The van der Waals surface area contributed by atoms with Crippen LogP contribution < -0.4 is 5.32 Å². The smallest absolute Gasteiger partial charge is 0.115 e. The van der Waals surface area contributed by atoms with Crippen molar-refractivity contribution < 1.29 is 5.11 Å². The van der Waals surface area contributed by atoms with E-state index in [1.54, 1.807) is 23.5 Å². The van der Waals surface area contributed by atoms with Gasteiger partial charge in [-0.3, -0.25) is 0 Å². The Morgan fingerprint density at radius 1 is 1.35 bits per heavy atom. The molecule has 0 aliphatic heterocycles. The highest BCUT2D eigenvalue weighted by atomic mass is 32.1. The van der Waals surface area contributed by atoms with Crippen LogP contribution in [0.25, 0.3) is 0 Å². The molecule has 2 N–H and O–H groups in total. The summed E-state index contributed by atoms with van der Waals surface area (Å²) in [6.07, 6.45) is 0. The van der Waals surface area contributed by atoms with Crippen LogP contribution in [-0.4, -0.2) is 5.11 Å². The van der Waals surface area contributed by atoms with Gasteiger partial charge in [-0.2, -0.15) is 0 Å². The summed E-state index contributed by atoms with van der Waals surface area (Å²) in [5, 5.41) is 15.0. The second-order valence-electron chi connectivity index (χ2n) is 4.22. The molecular formula is C14H17NOS. The molecule has 2 nitrogen and oxygen atoms in total. The predicted molar refractivity (Wildman–Crippen MR) is 72.4 cm³/mol. The first-order chi connectivity index (χ1) is 8.16. The lowest BCUT2D eigenvalue weighted by Crippen LogP contribution is -2.17. The molecule has 3 heteroatoms. The molecule has 90 valence electrons. The van der Waals surface area contributed by atoms with E-state index in [1.165, 1.54) is 10.4 Å². The highest BCUT2D eigenvalue weighted by Gasteiger charge is 2.06. The molecule has 1 heterocycles. The number of benzene rings is 1. The molecule has 0 aliphatic carbocycles. The Morgan fingerprint density at radius 2 is 2.18 bits per heavy atom. The zero-order chi connectivity index (χ0) is 12.3. The van der Waals surface area contributed by atoms with E-state index in [4.69, 9.17) is 0 Å². The Morgan fingerprint density at radius 3 is 2.82 bits per heavy atom. The third-order valence-corrected chi connectivity index (χ3v) is 3.93. The van der Waals surface area contributed by atoms with Gasteiger partial charge in [0.15, 0.2) is 0 Å². The largest absolute Gasteiger partial charge is 0.508 e. The Bertz CT molecular complexity index is 492. The molecule has 0 saturated heterocycles. The van der Waals surface area contributed by atoms with Crippen molar-refractivity contribution in [2.24, 2.45) is 0 Å². The minimum absolute atomic E-state index is 0.239. The lowest BCUT2D eigenvalue weighted by atomic mass is 10.1. The van der Waals surface area contributed by atoms with Gasteiger partial charge in [-0.15, -0.1) is 11.3 Å². The average Bonchev–Trinajstić information content (AvgIpc) is 2.72. The summed E-state index contributed by atoms with van der Waals surface area (Å²) < 4.78 is 0. The van der Waals surface area contributed by atoms with Crippen molar-refractivity contribution in [1.29, 1.82) is 0 Å². The van der Waals surface area contributed by atoms with Crippen LogP contribution in [-0.2, 0) is 6.54 Å². The minimum atomic E-state index is 0.239. The summed E-state index contributed by atoms with van der Waals surface area (Å²) in [5.74, 6) is 0.323. The molecule has 1 atom stereocenters. The van der Waals surface area contributed by atoms with Gasteiger partial charge >= 0.3 is 0 Å². The molecule has 0 saturated carbocycles. The Hall–Kier alpha value is -1.32. The predicted octanol–water partition coefficient (Wildman–Crippen LogP) is 3.61.